The molecule has 1 aliphatic rings. The van der Waals surface area contributed by atoms with Crippen molar-refractivity contribution < 1.29 is 4.79 Å². The molecule has 98 valence electrons. The molecule has 1 aromatic carbocycles. The predicted octanol–water partition coefficient (Wildman–Crippen LogP) is 3.99. The minimum absolute atomic E-state index is 0.0345. The summed E-state index contributed by atoms with van der Waals surface area (Å²) in [5.74, 6) is 0. The van der Waals surface area contributed by atoms with Gasteiger partial charge in [0.05, 0.1) is 0 Å². The van der Waals surface area contributed by atoms with Crippen molar-refractivity contribution in [2.24, 2.45) is 5.41 Å². The minimum Gasteiger partial charge on any atom is -0.324 e. The Bertz CT molecular complexity index is 435. The van der Waals surface area contributed by atoms with E-state index in [1.807, 2.05) is 17.0 Å². The van der Waals surface area contributed by atoms with Gasteiger partial charge in [0.2, 0.25) is 0 Å². The molecule has 0 atom stereocenters. The molecule has 0 aliphatic carbocycles. The third kappa shape index (κ3) is 3.39. The Morgan fingerprint density at radius 2 is 2.00 bits per heavy atom. The normalized spacial score (nSPS) is 18.5. The zero-order valence-electron chi connectivity index (χ0n) is 10.9. The highest BCUT2D eigenvalue weighted by atomic mass is 35.5. The van der Waals surface area contributed by atoms with Crippen molar-refractivity contribution in [3.63, 3.8) is 0 Å². The number of piperidine rings is 1. The largest absolute Gasteiger partial charge is 0.324 e. The van der Waals surface area contributed by atoms with Crippen LogP contribution in [0.5, 0.6) is 0 Å². The quantitative estimate of drug-likeness (QED) is 0.819. The van der Waals surface area contributed by atoms with Crippen LogP contribution in [0.1, 0.15) is 26.7 Å². The number of carbonyl (C=O) groups excluding carboxylic acids is 1. The molecule has 1 saturated heterocycles. The van der Waals surface area contributed by atoms with Crippen LogP contribution in [0.25, 0.3) is 0 Å². The van der Waals surface area contributed by atoms with Gasteiger partial charge in [0.15, 0.2) is 0 Å². The summed E-state index contributed by atoms with van der Waals surface area (Å²) in [4.78, 5) is 13.9. The molecule has 4 heteroatoms. The van der Waals surface area contributed by atoms with Crippen LogP contribution in [0.2, 0.25) is 5.02 Å². The highest BCUT2D eigenvalue weighted by Gasteiger charge is 2.27. The van der Waals surface area contributed by atoms with E-state index in [0.717, 1.165) is 31.6 Å². The van der Waals surface area contributed by atoms with Crippen LogP contribution >= 0.6 is 11.6 Å². The predicted molar refractivity (Wildman–Crippen MR) is 75.1 cm³/mol. The van der Waals surface area contributed by atoms with Crippen LogP contribution in [0.3, 0.4) is 0 Å². The average Bonchev–Trinajstić information content (AvgIpc) is 2.28. The van der Waals surface area contributed by atoms with Gasteiger partial charge in [0.1, 0.15) is 0 Å². The number of carbonyl (C=O) groups is 1. The Morgan fingerprint density at radius 1 is 1.33 bits per heavy atom. The van der Waals surface area contributed by atoms with Crippen molar-refractivity contribution in [2.45, 2.75) is 26.7 Å². The standard InChI is InChI=1S/C14H19ClN2O/c1-14(2)6-8-17(9-7-14)13(18)16-12-5-3-4-11(15)10-12/h3-5,10H,6-9H2,1-2H3,(H,16,18). The SMILES string of the molecule is CC1(C)CCN(C(=O)Nc2cccc(Cl)c2)CC1. The molecular weight excluding hydrogens is 248 g/mol. The Hall–Kier alpha value is -1.22. The van der Waals surface area contributed by atoms with E-state index >= 15 is 0 Å². The van der Waals surface area contributed by atoms with Gasteiger partial charge in [0.25, 0.3) is 0 Å². The zero-order valence-corrected chi connectivity index (χ0v) is 11.6. The highest BCUT2D eigenvalue weighted by molar-refractivity contribution is 6.30. The second-order valence-electron chi connectivity index (χ2n) is 5.59. The van der Waals surface area contributed by atoms with Crippen LogP contribution in [-0.4, -0.2) is 24.0 Å². The number of urea groups is 1. The molecule has 0 aromatic heterocycles. The molecular formula is C14H19ClN2O. The van der Waals surface area contributed by atoms with Gasteiger partial charge in [-0.2, -0.15) is 0 Å². The van der Waals surface area contributed by atoms with E-state index in [2.05, 4.69) is 19.2 Å². The lowest BCUT2D eigenvalue weighted by Crippen LogP contribution is -2.43. The second kappa shape index (κ2) is 5.19. The van der Waals surface area contributed by atoms with E-state index in [1.165, 1.54) is 0 Å². The summed E-state index contributed by atoms with van der Waals surface area (Å²) in [6.07, 6.45) is 2.10. The van der Waals surface area contributed by atoms with Gasteiger partial charge in [-0.1, -0.05) is 31.5 Å². The number of anilines is 1. The van der Waals surface area contributed by atoms with Gasteiger partial charge in [-0.05, 0) is 36.5 Å². The molecule has 1 aromatic rings. The van der Waals surface area contributed by atoms with Crippen molar-refractivity contribution >= 4 is 23.3 Å². The lowest BCUT2D eigenvalue weighted by Gasteiger charge is -2.36. The molecule has 0 radical (unpaired) electrons. The highest BCUT2D eigenvalue weighted by Crippen LogP contribution is 2.29. The molecule has 0 saturated carbocycles. The molecule has 0 spiro atoms. The van der Waals surface area contributed by atoms with Gasteiger partial charge >= 0.3 is 6.03 Å². The van der Waals surface area contributed by atoms with Crippen LogP contribution in [-0.2, 0) is 0 Å². The minimum atomic E-state index is -0.0345. The summed E-state index contributed by atoms with van der Waals surface area (Å²) in [7, 11) is 0. The van der Waals surface area contributed by atoms with E-state index in [-0.39, 0.29) is 6.03 Å². The zero-order chi connectivity index (χ0) is 13.2. The van der Waals surface area contributed by atoms with E-state index in [9.17, 15) is 4.79 Å². The maximum atomic E-state index is 12.1. The molecule has 1 fully saturated rings. The van der Waals surface area contributed by atoms with Gasteiger partial charge < -0.3 is 10.2 Å². The average molecular weight is 267 g/mol. The fraction of sp³-hybridized carbons (Fsp3) is 0.500. The molecule has 3 nitrogen and oxygen atoms in total. The first-order valence-electron chi connectivity index (χ1n) is 6.28. The summed E-state index contributed by atoms with van der Waals surface area (Å²) in [5, 5.41) is 3.51. The van der Waals surface area contributed by atoms with Crippen molar-refractivity contribution in [1.29, 1.82) is 0 Å². The number of nitrogens with zero attached hydrogens (tertiary/aromatic N) is 1. The van der Waals surface area contributed by atoms with Crippen LogP contribution in [0, 0.1) is 5.41 Å². The summed E-state index contributed by atoms with van der Waals surface area (Å²) in [5.41, 5.74) is 1.10. The van der Waals surface area contributed by atoms with Crippen molar-refractivity contribution in [3.8, 4) is 0 Å². The van der Waals surface area contributed by atoms with Crippen LogP contribution < -0.4 is 5.32 Å². The molecule has 2 amide bonds. The third-order valence-electron chi connectivity index (χ3n) is 3.48. The number of amides is 2. The van der Waals surface area contributed by atoms with Gasteiger partial charge in [0, 0.05) is 23.8 Å². The Labute approximate surface area is 113 Å². The Kier molecular flexibility index (Phi) is 3.81. The summed E-state index contributed by atoms with van der Waals surface area (Å²) >= 11 is 5.89. The Morgan fingerprint density at radius 3 is 2.61 bits per heavy atom. The fourth-order valence-corrected chi connectivity index (χ4v) is 2.27. The molecule has 18 heavy (non-hydrogen) atoms. The maximum absolute atomic E-state index is 12.1. The smallest absolute Gasteiger partial charge is 0.321 e. The van der Waals surface area contributed by atoms with Gasteiger partial charge in [-0.3, -0.25) is 0 Å². The van der Waals surface area contributed by atoms with Crippen molar-refractivity contribution in [1.82, 2.24) is 4.90 Å². The summed E-state index contributed by atoms with van der Waals surface area (Å²) < 4.78 is 0. The van der Waals surface area contributed by atoms with E-state index in [4.69, 9.17) is 11.6 Å². The molecule has 1 heterocycles. The molecule has 0 unspecified atom stereocenters. The monoisotopic (exact) mass is 266 g/mol. The number of halogens is 1. The van der Waals surface area contributed by atoms with Crippen molar-refractivity contribution in [2.75, 3.05) is 18.4 Å². The lowest BCUT2D eigenvalue weighted by molar-refractivity contribution is 0.149. The molecule has 1 N–H and O–H groups in total. The van der Waals surface area contributed by atoms with Gasteiger partial charge in [-0.25, -0.2) is 4.79 Å². The first-order chi connectivity index (χ1) is 8.46. The van der Waals surface area contributed by atoms with Crippen molar-refractivity contribution in [3.05, 3.63) is 29.3 Å². The summed E-state index contributed by atoms with van der Waals surface area (Å²) in [6.45, 7) is 6.14. The first kappa shape index (κ1) is 13.2. The summed E-state index contributed by atoms with van der Waals surface area (Å²) in [6, 6.07) is 7.19. The number of likely N-dealkylation sites (tertiary alicyclic amines) is 1. The number of hydrogen-bond acceptors (Lipinski definition) is 1. The number of hydrogen-bond donors (Lipinski definition) is 1. The third-order valence-corrected chi connectivity index (χ3v) is 3.72. The topological polar surface area (TPSA) is 32.3 Å². The van der Waals surface area contributed by atoms with E-state index < -0.39 is 0 Å². The second-order valence-corrected chi connectivity index (χ2v) is 6.03. The number of nitrogens with one attached hydrogen (secondary N) is 1. The van der Waals surface area contributed by atoms with Gasteiger partial charge in [-0.15, -0.1) is 0 Å². The molecule has 2 rings (SSSR count). The fourth-order valence-electron chi connectivity index (χ4n) is 2.08. The molecule has 1 aliphatic heterocycles. The lowest BCUT2D eigenvalue weighted by atomic mass is 9.83. The van der Waals surface area contributed by atoms with E-state index in [0.29, 0.717) is 10.4 Å². The van der Waals surface area contributed by atoms with Crippen LogP contribution in [0.15, 0.2) is 24.3 Å². The number of benzene rings is 1. The Balaban J connectivity index is 1.93. The number of rotatable bonds is 1. The maximum Gasteiger partial charge on any atom is 0.321 e. The van der Waals surface area contributed by atoms with Crippen LogP contribution in [0.4, 0.5) is 10.5 Å². The van der Waals surface area contributed by atoms with E-state index in [1.54, 1.807) is 12.1 Å². The molecule has 0 bridgehead atoms. The first-order valence-corrected chi connectivity index (χ1v) is 6.66.